The van der Waals surface area contributed by atoms with Crippen molar-refractivity contribution in [2.45, 2.75) is 6.92 Å². The van der Waals surface area contributed by atoms with E-state index in [1.807, 2.05) is 37.3 Å². The molecule has 0 radical (unpaired) electrons. The molecule has 1 heterocycles. The quantitative estimate of drug-likeness (QED) is 0.689. The number of phenols is 1. The van der Waals surface area contributed by atoms with Crippen molar-refractivity contribution in [3.8, 4) is 17.1 Å². The van der Waals surface area contributed by atoms with Crippen LogP contribution in [0.3, 0.4) is 0 Å². The largest absolute Gasteiger partial charge is 0.507 e. The van der Waals surface area contributed by atoms with E-state index >= 15 is 0 Å². The molecule has 17 heavy (non-hydrogen) atoms. The highest BCUT2D eigenvalue weighted by atomic mass is 16.5. The molecule has 0 bridgehead atoms. The lowest BCUT2D eigenvalue weighted by Gasteiger charge is -2.00. The molecule has 0 saturated heterocycles. The summed E-state index contributed by atoms with van der Waals surface area (Å²) in [5.41, 5.74) is 2.60. The van der Waals surface area contributed by atoms with Crippen LogP contribution >= 0.6 is 0 Å². The van der Waals surface area contributed by atoms with Gasteiger partial charge >= 0.3 is 0 Å². The van der Waals surface area contributed by atoms with Crippen LogP contribution in [0.15, 0.2) is 47.0 Å². The van der Waals surface area contributed by atoms with Gasteiger partial charge in [0.05, 0.1) is 10.9 Å². The van der Waals surface area contributed by atoms with Gasteiger partial charge < -0.3 is 9.63 Å². The van der Waals surface area contributed by atoms with Crippen molar-refractivity contribution >= 4 is 10.9 Å². The third-order valence-corrected chi connectivity index (χ3v) is 2.78. The number of aromatic nitrogens is 1. The Bertz CT molecular complexity index is 686. The first-order valence-electron chi connectivity index (χ1n) is 5.40. The SMILES string of the molecule is Cc1ccc2noc(-c3ccccc3O)c2c1. The normalized spacial score (nSPS) is 10.9. The highest BCUT2D eigenvalue weighted by Crippen LogP contribution is 2.34. The number of aryl methyl sites for hydroxylation is 1. The number of hydrogen-bond donors (Lipinski definition) is 1. The van der Waals surface area contributed by atoms with Gasteiger partial charge in [-0.3, -0.25) is 0 Å². The molecule has 0 unspecified atom stereocenters. The second-order valence-corrected chi connectivity index (χ2v) is 4.05. The van der Waals surface area contributed by atoms with E-state index in [-0.39, 0.29) is 5.75 Å². The molecule has 0 aliphatic carbocycles. The van der Waals surface area contributed by atoms with Gasteiger partial charge in [0, 0.05) is 0 Å². The standard InChI is InChI=1S/C14H11NO2/c1-9-6-7-12-11(8-9)14(17-15-12)10-4-2-3-5-13(10)16/h2-8,16H,1H3. The zero-order chi connectivity index (χ0) is 11.8. The number of para-hydroxylation sites is 1. The molecule has 3 heteroatoms. The average molecular weight is 225 g/mol. The number of fused-ring (bicyclic) bond motifs is 1. The second kappa shape index (κ2) is 3.63. The van der Waals surface area contributed by atoms with Crippen LogP contribution in [0.25, 0.3) is 22.2 Å². The maximum atomic E-state index is 9.82. The Morgan fingerprint density at radius 2 is 1.94 bits per heavy atom. The molecule has 0 spiro atoms. The van der Waals surface area contributed by atoms with Crippen molar-refractivity contribution in [1.29, 1.82) is 0 Å². The fraction of sp³-hybridized carbons (Fsp3) is 0.0714. The Hall–Kier alpha value is -2.29. The molecule has 0 saturated carbocycles. The Kier molecular flexibility index (Phi) is 2.11. The summed E-state index contributed by atoms with van der Waals surface area (Å²) in [6, 6.07) is 13.0. The fourth-order valence-corrected chi connectivity index (χ4v) is 1.92. The van der Waals surface area contributed by atoms with Gasteiger partial charge in [0.1, 0.15) is 11.3 Å². The molecule has 0 atom stereocenters. The summed E-state index contributed by atoms with van der Waals surface area (Å²) in [4.78, 5) is 0. The van der Waals surface area contributed by atoms with Crippen molar-refractivity contribution < 1.29 is 9.63 Å². The van der Waals surface area contributed by atoms with Gasteiger partial charge in [-0.25, -0.2) is 0 Å². The van der Waals surface area contributed by atoms with E-state index in [1.165, 1.54) is 0 Å². The summed E-state index contributed by atoms with van der Waals surface area (Å²) in [6.07, 6.45) is 0. The monoisotopic (exact) mass is 225 g/mol. The van der Waals surface area contributed by atoms with Crippen molar-refractivity contribution in [2.75, 3.05) is 0 Å². The molecule has 0 fully saturated rings. The number of benzene rings is 2. The van der Waals surface area contributed by atoms with E-state index in [2.05, 4.69) is 5.16 Å². The van der Waals surface area contributed by atoms with Gasteiger partial charge in [-0.1, -0.05) is 28.9 Å². The third kappa shape index (κ3) is 1.56. The molecule has 0 aliphatic rings. The van der Waals surface area contributed by atoms with Gasteiger partial charge in [0.2, 0.25) is 0 Å². The van der Waals surface area contributed by atoms with Crippen LogP contribution in [-0.2, 0) is 0 Å². The predicted molar refractivity (Wildman–Crippen MR) is 65.8 cm³/mol. The van der Waals surface area contributed by atoms with Gasteiger partial charge in [-0.15, -0.1) is 0 Å². The smallest absolute Gasteiger partial charge is 0.178 e. The molecule has 1 N–H and O–H groups in total. The zero-order valence-electron chi connectivity index (χ0n) is 9.34. The molecular formula is C14H11NO2. The van der Waals surface area contributed by atoms with Crippen molar-refractivity contribution in [3.63, 3.8) is 0 Å². The van der Waals surface area contributed by atoms with Crippen LogP contribution in [0, 0.1) is 6.92 Å². The molecule has 2 aromatic carbocycles. The maximum absolute atomic E-state index is 9.82. The fourth-order valence-electron chi connectivity index (χ4n) is 1.92. The van der Waals surface area contributed by atoms with E-state index < -0.39 is 0 Å². The Balaban J connectivity index is 2.31. The Morgan fingerprint density at radius 3 is 2.76 bits per heavy atom. The molecule has 84 valence electrons. The molecule has 3 nitrogen and oxygen atoms in total. The molecule has 1 aromatic heterocycles. The lowest BCUT2D eigenvalue weighted by molar-refractivity contribution is 0.433. The summed E-state index contributed by atoms with van der Waals surface area (Å²) in [5, 5.41) is 14.7. The van der Waals surface area contributed by atoms with Gasteiger partial charge in [-0.05, 0) is 31.2 Å². The Morgan fingerprint density at radius 1 is 1.12 bits per heavy atom. The maximum Gasteiger partial charge on any atom is 0.178 e. The van der Waals surface area contributed by atoms with Gasteiger partial charge in [0.25, 0.3) is 0 Å². The summed E-state index contributed by atoms with van der Waals surface area (Å²) < 4.78 is 5.33. The van der Waals surface area contributed by atoms with Gasteiger partial charge in [-0.2, -0.15) is 0 Å². The van der Waals surface area contributed by atoms with E-state index in [9.17, 15) is 5.11 Å². The lowest BCUT2D eigenvalue weighted by atomic mass is 10.1. The minimum atomic E-state index is 0.201. The molecule has 0 amide bonds. The highest BCUT2D eigenvalue weighted by molar-refractivity contribution is 5.93. The summed E-state index contributed by atoms with van der Waals surface area (Å²) in [5.74, 6) is 0.814. The minimum Gasteiger partial charge on any atom is -0.507 e. The van der Waals surface area contributed by atoms with Crippen molar-refractivity contribution in [3.05, 3.63) is 48.0 Å². The van der Waals surface area contributed by atoms with E-state index in [0.717, 1.165) is 16.5 Å². The van der Waals surface area contributed by atoms with E-state index in [0.29, 0.717) is 11.3 Å². The highest BCUT2D eigenvalue weighted by Gasteiger charge is 2.13. The van der Waals surface area contributed by atoms with Crippen molar-refractivity contribution in [1.82, 2.24) is 5.16 Å². The van der Waals surface area contributed by atoms with Crippen LogP contribution in [0.1, 0.15) is 5.56 Å². The topological polar surface area (TPSA) is 46.3 Å². The van der Waals surface area contributed by atoms with Gasteiger partial charge in [0.15, 0.2) is 5.76 Å². The number of rotatable bonds is 1. The molecule has 3 aromatic rings. The van der Waals surface area contributed by atoms with Crippen LogP contribution in [0.2, 0.25) is 0 Å². The first-order chi connectivity index (χ1) is 8.25. The summed E-state index contributed by atoms with van der Waals surface area (Å²) in [6.45, 7) is 2.01. The first-order valence-corrected chi connectivity index (χ1v) is 5.40. The molecule has 3 rings (SSSR count). The average Bonchev–Trinajstić information content (AvgIpc) is 2.72. The summed E-state index contributed by atoms with van der Waals surface area (Å²) in [7, 11) is 0. The number of nitrogens with zero attached hydrogens (tertiary/aromatic N) is 1. The minimum absolute atomic E-state index is 0.201. The van der Waals surface area contributed by atoms with Crippen LogP contribution in [0.5, 0.6) is 5.75 Å². The van der Waals surface area contributed by atoms with Crippen LogP contribution in [0.4, 0.5) is 0 Å². The molecular weight excluding hydrogens is 214 g/mol. The number of hydrogen-bond acceptors (Lipinski definition) is 3. The zero-order valence-corrected chi connectivity index (χ0v) is 9.34. The third-order valence-electron chi connectivity index (χ3n) is 2.78. The van der Waals surface area contributed by atoms with Crippen LogP contribution in [-0.4, -0.2) is 10.3 Å². The molecule has 0 aliphatic heterocycles. The van der Waals surface area contributed by atoms with E-state index in [4.69, 9.17) is 4.52 Å². The predicted octanol–water partition coefficient (Wildman–Crippen LogP) is 3.51. The van der Waals surface area contributed by atoms with E-state index in [1.54, 1.807) is 12.1 Å². The first kappa shape index (κ1) is 9.90. The Labute approximate surface area is 98.3 Å². The van der Waals surface area contributed by atoms with Crippen molar-refractivity contribution in [2.24, 2.45) is 0 Å². The van der Waals surface area contributed by atoms with Crippen LogP contribution < -0.4 is 0 Å². The number of phenolic OH excluding ortho intramolecular Hbond substituents is 1. The summed E-state index contributed by atoms with van der Waals surface area (Å²) >= 11 is 0. The lowest BCUT2D eigenvalue weighted by Crippen LogP contribution is -1.77. The second-order valence-electron chi connectivity index (χ2n) is 4.05. The number of aromatic hydroxyl groups is 1.